The normalized spacial score (nSPS) is 10.6. The fraction of sp³-hybridized carbons (Fsp3) is 0.467. The molecule has 0 saturated heterocycles. The van der Waals surface area contributed by atoms with Gasteiger partial charge in [0, 0.05) is 19.0 Å². The number of para-hydroxylation sites is 1. The molecule has 0 bridgehead atoms. The van der Waals surface area contributed by atoms with E-state index in [4.69, 9.17) is 11.0 Å². The van der Waals surface area contributed by atoms with E-state index in [-0.39, 0.29) is 18.5 Å². The van der Waals surface area contributed by atoms with E-state index in [1.54, 1.807) is 6.07 Å². The quantitative estimate of drug-likeness (QED) is 0.779. The van der Waals surface area contributed by atoms with Crippen molar-refractivity contribution in [2.45, 2.75) is 33.2 Å². The summed E-state index contributed by atoms with van der Waals surface area (Å²) in [6.45, 7) is 6.76. The second kappa shape index (κ2) is 7.51. The predicted octanol–water partition coefficient (Wildman–Crippen LogP) is 2.14. The Kier molecular flexibility index (Phi) is 6.01. The minimum Gasteiger partial charge on any atom is -0.397 e. The average molecular weight is 274 g/mol. The zero-order valence-corrected chi connectivity index (χ0v) is 12.3. The molecule has 1 aromatic rings. The summed E-state index contributed by atoms with van der Waals surface area (Å²) >= 11 is 0. The number of benzene rings is 1. The standard InChI is InChI=1S/C15H22N4O/c1-11(2)19(9-5-8-16)10-14(20)18-15-12(3)6-4-7-13(15)17/h4,6-7,11H,5,9-10,17H2,1-3H3,(H,18,20). The molecule has 1 aromatic carbocycles. The summed E-state index contributed by atoms with van der Waals surface area (Å²) in [6, 6.07) is 7.83. The molecule has 0 fully saturated rings. The van der Waals surface area contributed by atoms with E-state index >= 15 is 0 Å². The lowest BCUT2D eigenvalue weighted by Crippen LogP contribution is -2.38. The summed E-state index contributed by atoms with van der Waals surface area (Å²) in [7, 11) is 0. The largest absolute Gasteiger partial charge is 0.397 e. The van der Waals surface area contributed by atoms with E-state index < -0.39 is 0 Å². The average Bonchev–Trinajstić information content (AvgIpc) is 2.38. The fourth-order valence-electron chi connectivity index (χ4n) is 1.94. The van der Waals surface area contributed by atoms with Gasteiger partial charge in [-0.2, -0.15) is 5.26 Å². The van der Waals surface area contributed by atoms with Gasteiger partial charge in [-0.1, -0.05) is 12.1 Å². The van der Waals surface area contributed by atoms with E-state index in [2.05, 4.69) is 11.4 Å². The molecule has 0 aliphatic rings. The van der Waals surface area contributed by atoms with Crippen molar-refractivity contribution in [2.75, 3.05) is 24.1 Å². The number of carbonyl (C=O) groups is 1. The van der Waals surface area contributed by atoms with Crippen LogP contribution in [0.2, 0.25) is 0 Å². The molecule has 0 spiro atoms. The Balaban J connectivity index is 2.69. The highest BCUT2D eigenvalue weighted by Crippen LogP contribution is 2.22. The van der Waals surface area contributed by atoms with Crippen LogP contribution in [-0.4, -0.2) is 29.9 Å². The number of nitrogens with two attached hydrogens (primary N) is 1. The van der Waals surface area contributed by atoms with Crippen molar-refractivity contribution in [1.29, 1.82) is 5.26 Å². The van der Waals surface area contributed by atoms with Crippen LogP contribution >= 0.6 is 0 Å². The SMILES string of the molecule is Cc1cccc(N)c1NC(=O)CN(CCC#N)C(C)C. The molecule has 0 radical (unpaired) electrons. The summed E-state index contributed by atoms with van der Waals surface area (Å²) in [6.07, 6.45) is 0.415. The summed E-state index contributed by atoms with van der Waals surface area (Å²) in [4.78, 5) is 14.1. The highest BCUT2D eigenvalue weighted by molar-refractivity contribution is 5.96. The maximum absolute atomic E-state index is 12.1. The third-order valence-corrected chi connectivity index (χ3v) is 3.16. The van der Waals surface area contributed by atoms with Gasteiger partial charge in [0.05, 0.1) is 24.0 Å². The van der Waals surface area contributed by atoms with Crippen LogP contribution in [0.25, 0.3) is 0 Å². The van der Waals surface area contributed by atoms with Crippen molar-refractivity contribution in [3.63, 3.8) is 0 Å². The molecule has 0 saturated carbocycles. The minimum absolute atomic E-state index is 0.113. The zero-order chi connectivity index (χ0) is 15.1. The number of nitrogen functional groups attached to an aromatic ring is 1. The van der Waals surface area contributed by atoms with Gasteiger partial charge < -0.3 is 11.1 Å². The number of hydrogen-bond donors (Lipinski definition) is 2. The molecular weight excluding hydrogens is 252 g/mol. The van der Waals surface area contributed by atoms with Crippen molar-refractivity contribution in [3.8, 4) is 6.07 Å². The molecule has 0 unspecified atom stereocenters. The minimum atomic E-state index is -0.113. The van der Waals surface area contributed by atoms with Crippen molar-refractivity contribution in [2.24, 2.45) is 0 Å². The van der Waals surface area contributed by atoms with Crippen LogP contribution in [0.4, 0.5) is 11.4 Å². The monoisotopic (exact) mass is 274 g/mol. The molecule has 1 rings (SSSR count). The molecule has 0 atom stereocenters. The van der Waals surface area contributed by atoms with Crippen LogP contribution in [0.3, 0.4) is 0 Å². The Labute approximate surface area is 120 Å². The number of carbonyl (C=O) groups excluding carboxylic acids is 1. The van der Waals surface area contributed by atoms with E-state index in [0.29, 0.717) is 24.3 Å². The van der Waals surface area contributed by atoms with E-state index in [1.165, 1.54) is 0 Å². The molecule has 1 amide bonds. The van der Waals surface area contributed by atoms with Gasteiger partial charge in [-0.15, -0.1) is 0 Å². The van der Waals surface area contributed by atoms with Crippen LogP contribution in [0.5, 0.6) is 0 Å². The number of nitrogens with zero attached hydrogens (tertiary/aromatic N) is 2. The Morgan fingerprint density at radius 2 is 2.20 bits per heavy atom. The molecule has 108 valence electrons. The van der Waals surface area contributed by atoms with Crippen molar-refractivity contribution in [1.82, 2.24) is 4.90 Å². The summed E-state index contributed by atoms with van der Waals surface area (Å²) in [5.74, 6) is -0.113. The number of aryl methyl sites for hydroxylation is 1. The third-order valence-electron chi connectivity index (χ3n) is 3.16. The van der Waals surface area contributed by atoms with Gasteiger partial charge in [-0.3, -0.25) is 9.69 Å². The lowest BCUT2D eigenvalue weighted by Gasteiger charge is -2.25. The van der Waals surface area contributed by atoms with Gasteiger partial charge in [-0.25, -0.2) is 0 Å². The van der Waals surface area contributed by atoms with Crippen molar-refractivity contribution < 1.29 is 4.79 Å². The van der Waals surface area contributed by atoms with Gasteiger partial charge in [0.2, 0.25) is 5.91 Å². The van der Waals surface area contributed by atoms with Crippen LogP contribution in [0.1, 0.15) is 25.8 Å². The first-order valence-corrected chi connectivity index (χ1v) is 6.71. The van der Waals surface area contributed by atoms with Crippen molar-refractivity contribution >= 4 is 17.3 Å². The van der Waals surface area contributed by atoms with Gasteiger partial charge >= 0.3 is 0 Å². The predicted molar refractivity (Wildman–Crippen MR) is 81.2 cm³/mol. The lowest BCUT2D eigenvalue weighted by atomic mass is 10.1. The maximum Gasteiger partial charge on any atom is 0.238 e. The Bertz CT molecular complexity index is 485. The number of nitriles is 1. The molecule has 5 nitrogen and oxygen atoms in total. The highest BCUT2D eigenvalue weighted by Gasteiger charge is 2.15. The molecule has 5 heteroatoms. The summed E-state index contributed by atoms with van der Waals surface area (Å²) in [5.41, 5.74) is 8.04. The van der Waals surface area contributed by atoms with Gasteiger partial charge in [-0.05, 0) is 32.4 Å². The van der Waals surface area contributed by atoms with E-state index in [9.17, 15) is 4.79 Å². The molecule has 3 N–H and O–H groups in total. The number of anilines is 2. The van der Waals surface area contributed by atoms with Crippen molar-refractivity contribution in [3.05, 3.63) is 23.8 Å². The molecule has 0 aromatic heterocycles. The summed E-state index contributed by atoms with van der Waals surface area (Å²) < 4.78 is 0. The Morgan fingerprint density at radius 1 is 1.50 bits per heavy atom. The molecule has 0 heterocycles. The number of rotatable bonds is 6. The van der Waals surface area contributed by atoms with Crippen LogP contribution < -0.4 is 11.1 Å². The number of nitrogens with one attached hydrogen (secondary N) is 1. The topological polar surface area (TPSA) is 82.2 Å². The maximum atomic E-state index is 12.1. The number of amides is 1. The first kappa shape index (κ1) is 16.0. The summed E-state index contributed by atoms with van der Waals surface area (Å²) in [5, 5.41) is 11.5. The molecular formula is C15H22N4O. The third kappa shape index (κ3) is 4.56. The second-order valence-electron chi connectivity index (χ2n) is 5.06. The first-order chi connectivity index (χ1) is 9.45. The fourth-order valence-corrected chi connectivity index (χ4v) is 1.94. The van der Waals surface area contributed by atoms with Crippen LogP contribution in [0.15, 0.2) is 18.2 Å². The van der Waals surface area contributed by atoms with Gasteiger partial charge in [0.15, 0.2) is 0 Å². The Morgan fingerprint density at radius 3 is 2.75 bits per heavy atom. The first-order valence-electron chi connectivity index (χ1n) is 6.71. The molecule has 0 aliphatic carbocycles. The molecule has 20 heavy (non-hydrogen) atoms. The van der Waals surface area contributed by atoms with Crippen LogP contribution in [-0.2, 0) is 4.79 Å². The lowest BCUT2D eigenvalue weighted by molar-refractivity contribution is -0.117. The molecule has 0 aliphatic heterocycles. The Hall–Kier alpha value is -2.06. The van der Waals surface area contributed by atoms with Gasteiger partial charge in [0.1, 0.15) is 0 Å². The van der Waals surface area contributed by atoms with E-state index in [0.717, 1.165) is 5.56 Å². The van der Waals surface area contributed by atoms with Gasteiger partial charge in [0.25, 0.3) is 0 Å². The van der Waals surface area contributed by atoms with Crippen LogP contribution in [0, 0.1) is 18.3 Å². The number of hydrogen-bond acceptors (Lipinski definition) is 4. The zero-order valence-electron chi connectivity index (χ0n) is 12.3. The second-order valence-corrected chi connectivity index (χ2v) is 5.06. The highest BCUT2D eigenvalue weighted by atomic mass is 16.2. The van der Waals surface area contributed by atoms with E-state index in [1.807, 2.05) is 37.8 Å². The smallest absolute Gasteiger partial charge is 0.238 e.